The van der Waals surface area contributed by atoms with Gasteiger partial charge in [-0.05, 0) is 45.6 Å². The van der Waals surface area contributed by atoms with Crippen LogP contribution < -0.4 is 0 Å². The maximum Gasteiger partial charge on any atom is 0.222 e. The van der Waals surface area contributed by atoms with E-state index in [2.05, 4.69) is 38.8 Å². The lowest BCUT2D eigenvalue weighted by Gasteiger charge is -2.48. The van der Waals surface area contributed by atoms with Gasteiger partial charge >= 0.3 is 0 Å². The maximum absolute atomic E-state index is 12.1. The molecule has 1 spiro atoms. The fourth-order valence-electron chi connectivity index (χ4n) is 5.54. The van der Waals surface area contributed by atoms with Crippen molar-refractivity contribution < 1.29 is 4.79 Å². The molecule has 0 bridgehead atoms. The van der Waals surface area contributed by atoms with Crippen molar-refractivity contribution in [3.05, 3.63) is 18.2 Å². The molecule has 4 rings (SSSR count). The second kappa shape index (κ2) is 7.71. The van der Waals surface area contributed by atoms with E-state index >= 15 is 0 Å². The van der Waals surface area contributed by atoms with Crippen molar-refractivity contribution in [1.82, 2.24) is 19.4 Å². The molecule has 1 aromatic rings. The molecule has 3 fully saturated rings. The van der Waals surface area contributed by atoms with Crippen LogP contribution in [0.25, 0.3) is 0 Å². The van der Waals surface area contributed by atoms with Gasteiger partial charge in [-0.2, -0.15) is 0 Å². The van der Waals surface area contributed by atoms with Crippen LogP contribution in [0.3, 0.4) is 0 Å². The molecule has 1 unspecified atom stereocenters. The van der Waals surface area contributed by atoms with E-state index in [0.29, 0.717) is 17.4 Å². The quantitative estimate of drug-likeness (QED) is 0.825. The smallest absolute Gasteiger partial charge is 0.222 e. The molecular weight excluding hydrogens is 324 g/mol. The SMILES string of the molecule is CCN1CC2(CCCN(Cc3cncn3C3CCCCC3)C2)CCC1=O. The first-order chi connectivity index (χ1) is 12.7. The van der Waals surface area contributed by atoms with E-state index < -0.39 is 0 Å². The van der Waals surface area contributed by atoms with Crippen molar-refractivity contribution in [1.29, 1.82) is 0 Å². The standard InChI is InChI=1S/C21H34N4O/c1-2-24-16-21(11-9-20(24)26)10-6-12-23(15-21)14-19-13-22-17-25(19)18-7-4-3-5-8-18/h13,17-18H,2-12,14-16H2,1H3. The average molecular weight is 359 g/mol. The van der Waals surface area contributed by atoms with Crippen molar-refractivity contribution in [3.63, 3.8) is 0 Å². The van der Waals surface area contributed by atoms with E-state index in [-0.39, 0.29) is 0 Å². The molecule has 5 heteroatoms. The van der Waals surface area contributed by atoms with E-state index in [0.717, 1.165) is 39.0 Å². The average Bonchev–Trinajstić information content (AvgIpc) is 3.13. The van der Waals surface area contributed by atoms with Crippen LogP contribution in [0.2, 0.25) is 0 Å². The van der Waals surface area contributed by atoms with Crippen LogP contribution in [0, 0.1) is 5.41 Å². The molecule has 0 N–H and O–H groups in total. The van der Waals surface area contributed by atoms with Crippen molar-refractivity contribution in [2.24, 2.45) is 5.41 Å². The van der Waals surface area contributed by atoms with Crippen LogP contribution in [-0.2, 0) is 11.3 Å². The first kappa shape index (κ1) is 18.0. The van der Waals surface area contributed by atoms with Gasteiger partial charge in [0.15, 0.2) is 0 Å². The molecule has 0 radical (unpaired) electrons. The van der Waals surface area contributed by atoms with E-state index in [1.165, 1.54) is 57.2 Å². The summed E-state index contributed by atoms with van der Waals surface area (Å²) < 4.78 is 2.46. The number of carbonyl (C=O) groups excluding carboxylic acids is 1. The van der Waals surface area contributed by atoms with Crippen LogP contribution in [-0.4, -0.2) is 51.4 Å². The third kappa shape index (κ3) is 3.68. The second-order valence-corrected chi connectivity index (χ2v) is 8.81. The number of likely N-dealkylation sites (tertiary alicyclic amines) is 2. The van der Waals surface area contributed by atoms with Gasteiger partial charge in [0.1, 0.15) is 0 Å². The second-order valence-electron chi connectivity index (χ2n) is 8.81. The molecular formula is C21H34N4O. The zero-order chi connectivity index (χ0) is 18.0. The van der Waals surface area contributed by atoms with Crippen molar-refractivity contribution in [2.45, 2.75) is 77.3 Å². The zero-order valence-corrected chi connectivity index (χ0v) is 16.3. The first-order valence-electron chi connectivity index (χ1n) is 10.7. The summed E-state index contributed by atoms with van der Waals surface area (Å²) in [7, 11) is 0. The van der Waals surface area contributed by atoms with Gasteiger partial charge in [-0.25, -0.2) is 4.98 Å². The van der Waals surface area contributed by atoms with Crippen molar-refractivity contribution in [2.75, 3.05) is 26.2 Å². The highest BCUT2D eigenvalue weighted by molar-refractivity contribution is 5.77. The summed E-state index contributed by atoms with van der Waals surface area (Å²) in [6.45, 7) is 7.25. The van der Waals surface area contributed by atoms with E-state index in [1.54, 1.807) is 0 Å². The Morgan fingerprint density at radius 1 is 1.15 bits per heavy atom. The Morgan fingerprint density at radius 2 is 2.00 bits per heavy atom. The van der Waals surface area contributed by atoms with Gasteiger partial charge in [0.05, 0.1) is 12.0 Å². The molecule has 1 aromatic heterocycles. The Kier molecular flexibility index (Phi) is 5.35. The molecule has 1 saturated carbocycles. The van der Waals surface area contributed by atoms with Gasteiger partial charge in [0.25, 0.3) is 0 Å². The minimum atomic E-state index is 0.317. The van der Waals surface area contributed by atoms with Gasteiger partial charge in [0, 0.05) is 50.3 Å². The van der Waals surface area contributed by atoms with Gasteiger partial charge in [-0.1, -0.05) is 19.3 Å². The van der Waals surface area contributed by atoms with Crippen LogP contribution in [0.4, 0.5) is 0 Å². The zero-order valence-electron chi connectivity index (χ0n) is 16.3. The summed E-state index contributed by atoms with van der Waals surface area (Å²) in [6.07, 6.45) is 15.2. The van der Waals surface area contributed by atoms with Gasteiger partial charge in [0.2, 0.25) is 5.91 Å². The molecule has 2 aliphatic heterocycles. The van der Waals surface area contributed by atoms with Gasteiger partial charge in [-0.3, -0.25) is 9.69 Å². The highest BCUT2D eigenvalue weighted by Crippen LogP contribution is 2.39. The Morgan fingerprint density at radius 3 is 2.81 bits per heavy atom. The number of aromatic nitrogens is 2. The molecule has 1 atom stereocenters. The Hall–Kier alpha value is -1.36. The summed E-state index contributed by atoms with van der Waals surface area (Å²) in [4.78, 5) is 21.3. The summed E-state index contributed by atoms with van der Waals surface area (Å²) in [5.74, 6) is 0.352. The highest BCUT2D eigenvalue weighted by atomic mass is 16.2. The van der Waals surface area contributed by atoms with Crippen LogP contribution >= 0.6 is 0 Å². The number of hydrogen-bond donors (Lipinski definition) is 0. The molecule has 3 aliphatic rings. The lowest BCUT2D eigenvalue weighted by Crippen LogP contribution is -2.53. The Balaban J connectivity index is 1.43. The van der Waals surface area contributed by atoms with Crippen molar-refractivity contribution >= 4 is 5.91 Å². The molecule has 1 aliphatic carbocycles. The lowest BCUT2D eigenvalue weighted by atomic mass is 9.73. The number of rotatable bonds is 4. The fraction of sp³-hybridized carbons (Fsp3) is 0.810. The van der Waals surface area contributed by atoms with Crippen molar-refractivity contribution in [3.8, 4) is 0 Å². The van der Waals surface area contributed by atoms with E-state index in [1.807, 2.05) is 0 Å². The molecule has 0 aromatic carbocycles. The molecule has 1 amide bonds. The van der Waals surface area contributed by atoms with Gasteiger partial charge < -0.3 is 9.47 Å². The molecule has 144 valence electrons. The maximum atomic E-state index is 12.1. The van der Waals surface area contributed by atoms with E-state index in [4.69, 9.17) is 0 Å². The van der Waals surface area contributed by atoms with Crippen LogP contribution in [0.1, 0.15) is 76.4 Å². The Bertz CT molecular complexity index is 621. The Labute approximate surface area is 157 Å². The number of imidazole rings is 1. The highest BCUT2D eigenvalue weighted by Gasteiger charge is 2.41. The number of carbonyl (C=O) groups is 1. The fourth-order valence-corrected chi connectivity index (χ4v) is 5.54. The number of piperidine rings is 2. The number of hydrogen-bond acceptors (Lipinski definition) is 3. The van der Waals surface area contributed by atoms with Crippen LogP contribution in [0.15, 0.2) is 12.5 Å². The summed E-state index contributed by atoms with van der Waals surface area (Å²) >= 11 is 0. The first-order valence-corrected chi connectivity index (χ1v) is 10.7. The third-order valence-corrected chi connectivity index (χ3v) is 6.97. The topological polar surface area (TPSA) is 41.4 Å². The minimum Gasteiger partial charge on any atom is -0.342 e. The number of amides is 1. The predicted octanol–water partition coefficient (Wildman–Crippen LogP) is 3.61. The van der Waals surface area contributed by atoms with Gasteiger partial charge in [-0.15, -0.1) is 0 Å². The monoisotopic (exact) mass is 358 g/mol. The third-order valence-electron chi connectivity index (χ3n) is 6.97. The predicted molar refractivity (Wildman–Crippen MR) is 103 cm³/mol. The lowest BCUT2D eigenvalue weighted by molar-refractivity contribution is -0.139. The molecule has 26 heavy (non-hydrogen) atoms. The number of nitrogens with zero attached hydrogens (tertiary/aromatic N) is 4. The van der Waals surface area contributed by atoms with Crippen LogP contribution in [0.5, 0.6) is 0 Å². The molecule has 5 nitrogen and oxygen atoms in total. The largest absolute Gasteiger partial charge is 0.342 e. The molecule has 2 saturated heterocycles. The summed E-state index contributed by atoms with van der Waals surface area (Å²) in [5, 5.41) is 0. The summed E-state index contributed by atoms with van der Waals surface area (Å²) in [6, 6.07) is 0.655. The van der Waals surface area contributed by atoms with E-state index in [9.17, 15) is 4.79 Å². The minimum absolute atomic E-state index is 0.317. The molecule has 3 heterocycles. The summed E-state index contributed by atoms with van der Waals surface area (Å²) in [5.41, 5.74) is 1.70. The normalized spacial score (nSPS) is 28.8.